The molecule has 3 amide bonds. The van der Waals surface area contributed by atoms with E-state index in [0.717, 1.165) is 49.3 Å². The largest absolute Gasteiger partial charge is 0.497 e. The molecule has 0 aromatic heterocycles. The number of hydrogen-bond acceptors (Lipinski definition) is 12. The molecule has 2 aromatic rings. The number of nitrogens with one attached hydrogen (secondary N) is 2. The van der Waals surface area contributed by atoms with Gasteiger partial charge in [0.2, 0.25) is 11.6 Å². The van der Waals surface area contributed by atoms with Gasteiger partial charge in [-0.1, -0.05) is 50.3 Å². The molecule has 0 spiro atoms. The van der Waals surface area contributed by atoms with E-state index < -0.39 is 59.8 Å². The van der Waals surface area contributed by atoms with Crippen molar-refractivity contribution in [1.82, 2.24) is 15.5 Å². The Kier molecular flexibility index (Phi) is 16.6. The number of nitrogens with zero attached hydrogens (tertiary/aromatic N) is 2. The van der Waals surface area contributed by atoms with Gasteiger partial charge in [0.1, 0.15) is 11.9 Å². The van der Waals surface area contributed by atoms with Gasteiger partial charge in [-0.05, 0) is 80.1 Å². The van der Waals surface area contributed by atoms with Crippen molar-refractivity contribution in [3.63, 3.8) is 0 Å². The van der Waals surface area contributed by atoms with Crippen molar-refractivity contribution in [3.05, 3.63) is 118 Å². The molecule has 2 aromatic carbocycles. The molecule has 0 saturated carbocycles. The molecule has 332 valence electrons. The van der Waals surface area contributed by atoms with E-state index in [1.165, 1.54) is 33.3 Å². The van der Waals surface area contributed by atoms with Gasteiger partial charge in [0.15, 0.2) is 6.10 Å². The number of primary amides is 1. The van der Waals surface area contributed by atoms with Crippen LogP contribution in [0.3, 0.4) is 0 Å². The molecule has 3 aliphatic rings. The number of benzene rings is 2. The number of nitrogens with two attached hydrogens (primary N) is 1. The highest BCUT2D eigenvalue weighted by Crippen LogP contribution is 2.29. The summed E-state index contributed by atoms with van der Waals surface area (Å²) in [6.07, 6.45) is 2.99. The van der Waals surface area contributed by atoms with E-state index in [9.17, 15) is 29.1 Å². The monoisotopic (exact) mass is 853 g/mol. The number of ketones is 2. The van der Waals surface area contributed by atoms with E-state index >= 15 is 0 Å². The molecule has 1 saturated heterocycles. The summed E-state index contributed by atoms with van der Waals surface area (Å²) >= 11 is 0. The number of Topliss-reactive ketones (excluding diaryl/α,β-unsaturated/α-hetero) is 1. The zero-order chi connectivity index (χ0) is 45.1. The van der Waals surface area contributed by atoms with E-state index in [0.29, 0.717) is 17.7 Å². The smallest absolute Gasteiger partial charge is 0.405 e. The maximum Gasteiger partial charge on any atom is 0.405 e. The molecule has 2 heterocycles. The summed E-state index contributed by atoms with van der Waals surface area (Å²) in [5, 5.41) is 16.8. The molecule has 0 unspecified atom stereocenters. The van der Waals surface area contributed by atoms with Gasteiger partial charge in [-0.15, -0.1) is 0 Å². The number of amides is 3. The average molecular weight is 854 g/mol. The summed E-state index contributed by atoms with van der Waals surface area (Å²) in [6, 6.07) is 15.2. The van der Waals surface area contributed by atoms with E-state index in [-0.39, 0.29) is 41.3 Å². The van der Waals surface area contributed by atoms with Crippen molar-refractivity contribution < 1.29 is 48.0 Å². The predicted octanol–water partition coefficient (Wildman–Crippen LogP) is 4.52. The van der Waals surface area contributed by atoms with Crippen LogP contribution in [0.1, 0.15) is 56.5 Å². The third kappa shape index (κ3) is 12.2. The maximum atomic E-state index is 14.2. The fourth-order valence-corrected chi connectivity index (χ4v) is 7.88. The summed E-state index contributed by atoms with van der Waals surface area (Å²) in [5.74, 6) is -2.56. The first kappa shape index (κ1) is 47.2. The molecule has 15 nitrogen and oxygen atoms in total. The van der Waals surface area contributed by atoms with Crippen LogP contribution in [0.2, 0.25) is 0 Å². The van der Waals surface area contributed by atoms with Crippen molar-refractivity contribution in [3.8, 4) is 5.75 Å². The third-order valence-electron chi connectivity index (χ3n) is 11.5. The molecule has 2 bridgehead atoms. The fraction of sp³-hybridized carbons (Fsp3) is 0.426. The molecule has 5 N–H and O–H groups in total. The Bertz CT molecular complexity index is 2120. The highest BCUT2D eigenvalue weighted by molar-refractivity contribution is 6.24. The van der Waals surface area contributed by atoms with Crippen LogP contribution in [0, 0.1) is 11.8 Å². The Balaban J connectivity index is 1.35. The van der Waals surface area contributed by atoms with E-state index in [2.05, 4.69) is 32.6 Å². The van der Waals surface area contributed by atoms with Crippen LogP contribution < -0.4 is 26.0 Å². The van der Waals surface area contributed by atoms with Crippen LogP contribution >= 0.6 is 0 Å². The Labute approximate surface area is 363 Å². The zero-order valence-electron chi connectivity index (χ0n) is 36.5. The second kappa shape index (κ2) is 21.8. The van der Waals surface area contributed by atoms with Crippen LogP contribution in [0.15, 0.2) is 107 Å². The number of piperazine rings is 1. The van der Waals surface area contributed by atoms with Crippen molar-refractivity contribution in [2.24, 2.45) is 17.6 Å². The molecular formula is C47H59N5O10. The number of carbonyl (C=O) groups excluding carboxylic acids is 5. The molecule has 5 rings (SSSR count). The Morgan fingerprint density at radius 2 is 1.61 bits per heavy atom. The standard InChI is InChI=1S/C47H59N5O10/c1-28-23-36-41(50-46(57)33-13-11-32(12-14-33)27-51-19-21-52(22-20-51)34-15-17-35(59-5)18-16-34)38(53)26-37(43(36)55)49-45(56)29(2)9-8-10-39(60-6)44(62-47(48)58)31(4)25-30(3)42(54)40(24-28)61-7/h8-18,25-26,28,30,39-40,42,44,54H,19-24,27H2,1-7H3,(H2,48,58)(H,49,56)(H,50,57)/b10-8-,29-9+,31-25+/t28-,30+,39+,40+,42-,44-/m1/s1. The van der Waals surface area contributed by atoms with E-state index in [1.807, 2.05) is 31.2 Å². The first-order valence-electron chi connectivity index (χ1n) is 20.7. The molecule has 0 radical (unpaired) electrons. The number of anilines is 1. The normalized spacial score (nSPS) is 26.9. The lowest BCUT2D eigenvalue weighted by molar-refractivity contribution is -0.120. The number of aliphatic hydroxyl groups excluding tert-OH is 1. The summed E-state index contributed by atoms with van der Waals surface area (Å²) < 4.78 is 22.0. The summed E-state index contributed by atoms with van der Waals surface area (Å²) in [6.45, 7) is 11.0. The number of ether oxygens (including phenoxy) is 4. The van der Waals surface area contributed by atoms with Crippen LogP contribution in [0.5, 0.6) is 5.75 Å². The first-order chi connectivity index (χ1) is 29.6. The van der Waals surface area contributed by atoms with Gasteiger partial charge >= 0.3 is 6.09 Å². The molecule has 2 aliphatic heterocycles. The first-order valence-corrected chi connectivity index (χ1v) is 20.7. The molecule has 1 aliphatic carbocycles. The highest BCUT2D eigenvalue weighted by atomic mass is 16.6. The molecule has 1 fully saturated rings. The maximum absolute atomic E-state index is 14.2. The summed E-state index contributed by atoms with van der Waals surface area (Å²) in [7, 11) is 4.54. The van der Waals surface area contributed by atoms with Gasteiger partial charge in [-0.3, -0.25) is 24.1 Å². The van der Waals surface area contributed by atoms with Gasteiger partial charge in [-0.2, -0.15) is 0 Å². The van der Waals surface area contributed by atoms with Gasteiger partial charge in [0.05, 0.1) is 30.7 Å². The second-order valence-corrected chi connectivity index (χ2v) is 16.0. The lowest BCUT2D eigenvalue weighted by Crippen LogP contribution is -2.45. The lowest BCUT2D eigenvalue weighted by atomic mass is 9.85. The molecule has 62 heavy (non-hydrogen) atoms. The van der Waals surface area contributed by atoms with Gasteiger partial charge < -0.3 is 45.3 Å². The predicted molar refractivity (Wildman–Crippen MR) is 234 cm³/mol. The molecule has 6 atom stereocenters. The van der Waals surface area contributed by atoms with Gasteiger partial charge in [0, 0.05) is 81.3 Å². The Hall–Kier alpha value is -5.87. The van der Waals surface area contributed by atoms with Crippen molar-refractivity contribution in [2.75, 3.05) is 52.4 Å². The molecule has 15 heteroatoms. The number of rotatable bonds is 9. The Morgan fingerprint density at radius 3 is 2.23 bits per heavy atom. The van der Waals surface area contributed by atoms with Gasteiger partial charge in [0.25, 0.3) is 11.8 Å². The fourth-order valence-electron chi connectivity index (χ4n) is 7.88. The quantitative estimate of drug-likeness (QED) is 0.204. The zero-order valence-corrected chi connectivity index (χ0v) is 36.5. The summed E-state index contributed by atoms with van der Waals surface area (Å²) in [4.78, 5) is 71.6. The minimum atomic E-state index is -1.05. The number of aliphatic hydroxyl groups is 1. The number of allylic oxidation sites excluding steroid dienone is 4. The Morgan fingerprint density at radius 1 is 0.935 bits per heavy atom. The van der Waals surface area contributed by atoms with E-state index in [4.69, 9.17) is 24.7 Å². The van der Waals surface area contributed by atoms with Crippen LogP contribution in [-0.2, 0) is 35.1 Å². The number of methoxy groups -OCH3 is 3. The SMILES string of the molecule is COc1ccc(N2CCN(Cc3ccc(C(=O)NC4=C5C[C@@H](C)C[C@H](OC)[C@H](O)[C@@H](C)/C=C(\C)[C@@H](OC(N)=O)[C@@H](OC)/C=C\C=C(/C)C(=O)NC(=CC4=O)C5=O)cc3)CC2)cc1. The average Bonchev–Trinajstić information content (AvgIpc) is 3.26. The topological polar surface area (TPSA) is 199 Å². The van der Waals surface area contributed by atoms with Crippen molar-refractivity contribution >= 4 is 35.2 Å². The van der Waals surface area contributed by atoms with Crippen LogP contribution in [-0.4, -0.2) is 111 Å². The van der Waals surface area contributed by atoms with Crippen molar-refractivity contribution in [1.29, 1.82) is 0 Å². The second-order valence-electron chi connectivity index (χ2n) is 16.0. The minimum Gasteiger partial charge on any atom is -0.497 e. The number of hydrogen-bond donors (Lipinski definition) is 4. The van der Waals surface area contributed by atoms with Crippen molar-refractivity contribution in [2.45, 2.75) is 71.5 Å². The van der Waals surface area contributed by atoms with Gasteiger partial charge in [-0.25, -0.2) is 4.79 Å². The number of carbonyl (C=O) groups is 5. The third-order valence-corrected chi connectivity index (χ3v) is 11.5. The highest BCUT2D eigenvalue weighted by Gasteiger charge is 2.34. The number of fused-ring (bicyclic) bond motifs is 2. The summed E-state index contributed by atoms with van der Waals surface area (Å²) in [5.41, 5.74) is 8.20. The minimum absolute atomic E-state index is 0.00942. The van der Waals surface area contributed by atoms with Crippen LogP contribution in [0.25, 0.3) is 0 Å². The van der Waals surface area contributed by atoms with Crippen LogP contribution in [0.4, 0.5) is 10.5 Å². The molecular weight excluding hydrogens is 795 g/mol. The van der Waals surface area contributed by atoms with E-state index in [1.54, 1.807) is 45.2 Å². The lowest BCUT2D eigenvalue weighted by Gasteiger charge is -2.36.